The van der Waals surface area contributed by atoms with Gasteiger partial charge >= 0.3 is 6.03 Å². The van der Waals surface area contributed by atoms with E-state index in [0.717, 1.165) is 11.3 Å². The molecule has 2 N–H and O–H groups in total. The van der Waals surface area contributed by atoms with Crippen molar-refractivity contribution in [2.45, 2.75) is 23.5 Å². The second kappa shape index (κ2) is 8.31. The van der Waals surface area contributed by atoms with Crippen molar-refractivity contribution in [3.8, 4) is 0 Å². The van der Waals surface area contributed by atoms with Crippen molar-refractivity contribution in [1.29, 1.82) is 0 Å². The summed E-state index contributed by atoms with van der Waals surface area (Å²) in [7, 11) is 3.24. The van der Waals surface area contributed by atoms with Crippen molar-refractivity contribution in [2.24, 2.45) is 5.92 Å². The third kappa shape index (κ3) is 3.85. The minimum Gasteiger partial charge on any atom is -0.311 e. The van der Waals surface area contributed by atoms with Gasteiger partial charge in [0.05, 0.1) is 29.3 Å². The number of urea groups is 1. The Morgan fingerprint density at radius 3 is 2.59 bits per heavy atom. The number of nitrogens with zero attached hydrogens (tertiary/aromatic N) is 3. The SMILES string of the molecule is CN1C(=O)C2C(SCc3ccccn3)NC(c3ccccc3Cl)NC2N(C)C1=O. The number of carbonyl (C=O) groups excluding carboxylic acids is 2. The monoisotopic (exact) mass is 431 g/mol. The lowest BCUT2D eigenvalue weighted by atomic mass is 9.96. The largest absolute Gasteiger partial charge is 0.327 e. The van der Waals surface area contributed by atoms with E-state index in [0.29, 0.717) is 10.8 Å². The van der Waals surface area contributed by atoms with Gasteiger partial charge in [0.25, 0.3) is 0 Å². The Morgan fingerprint density at radius 1 is 1.10 bits per heavy atom. The second-order valence-corrected chi connectivity index (χ2v) is 8.64. The lowest BCUT2D eigenvalue weighted by molar-refractivity contribution is -0.140. The van der Waals surface area contributed by atoms with E-state index < -0.39 is 12.1 Å². The van der Waals surface area contributed by atoms with Gasteiger partial charge in [0.2, 0.25) is 5.91 Å². The van der Waals surface area contributed by atoms with E-state index in [-0.39, 0.29) is 23.5 Å². The van der Waals surface area contributed by atoms with E-state index in [1.165, 1.54) is 11.9 Å². The molecule has 1 aromatic carbocycles. The molecule has 2 aliphatic heterocycles. The highest BCUT2D eigenvalue weighted by atomic mass is 35.5. The van der Waals surface area contributed by atoms with Crippen molar-refractivity contribution in [3.63, 3.8) is 0 Å². The highest BCUT2D eigenvalue weighted by Crippen LogP contribution is 2.36. The summed E-state index contributed by atoms with van der Waals surface area (Å²) in [6.45, 7) is 0. The molecule has 0 saturated carbocycles. The molecule has 0 radical (unpaired) electrons. The van der Waals surface area contributed by atoms with Gasteiger partial charge in [-0.1, -0.05) is 35.9 Å². The van der Waals surface area contributed by atoms with Crippen LogP contribution in [-0.4, -0.2) is 52.4 Å². The van der Waals surface area contributed by atoms with Crippen LogP contribution < -0.4 is 10.6 Å². The van der Waals surface area contributed by atoms with E-state index in [4.69, 9.17) is 11.6 Å². The van der Waals surface area contributed by atoms with Gasteiger partial charge in [-0.15, -0.1) is 11.8 Å². The van der Waals surface area contributed by atoms with Gasteiger partial charge in [-0.3, -0.25) is 25.3 Å². The number of imide groups is 1. The van der Waals surface area contributed by atoms with Crippen LogP contribution >= 0.6 is 23.4 Å². The molecule has 0 spiro atoms. The molecule has 0 aliphatic carbocycles. The minimum atomic E-state index is -0.435. The Bertz CT molecular complexity index is 915. The van der Waals surface area contributed by atoms with Gasteiger partial charge in [-0.2, -0.15) is 0 Å². The van der Waals surface area contributed by atoms with Gasteiger partial charge in [0.1, 0.15) is 0 Å². The van der Waals surface area contributed by atoms with Crippen LogP contribution in [-0.2, 0) is 10.5 Å². The van der Waals surface area contributed by atoms with Crippen molar-refractivity contribution in [1.82, 2.24) is 25.4 Å². The van der Waals surface area contributed by atoms with Gasteiger partial charge in [0, 0.05) is 36.6 Å². The first kappa shape index (κ1) is 20.2. The first-order chi connectivity index (χ1) is 14.0. The zero-order valence-corrected chi connectivity index (χ0v) is 17.7. The third-order valence-corrected chi connectivity index (χ3v) is 6.90. The molecule has 3 heterocycles. The molecule has 2 saturated heterocycles. The highest BCUT2D eigenvalue weighted by Gasteiger charge is 2.51. The summed E-state index contributed by atoms with van der Waals surface area (Å²) < 4.78 is 0. The number of rotatable bonds is 4. The number of pyridine rings is 1. The number of fused-ring (bicyclic) bond motifs is 1. The van der Waals surface area contributed by atoms with Crippen LogP contribution in [0.15, 0.2) is 48.7 Å². The standard InChI is InChI=1S/C20H22ClN5O2S/c1-25-17-15(19(27)26(2)20(25)28)18(29-11-12-7-5-6-10-22-12)24-16(23-17)13-8-3-4-9-14(13)21/h3-10,15-18,23-24H,11H2,1-2H3. The first-order valence-corrected chi connectivity index (χ1v) is 10.7. The third-order valence-electron chi connectivity index (χ3n) is 5.31. The van der Waals surface area contributed by atoms with Crippen LogP contribution in [0.4, 0.5) is 4.79 Å². The zero-order chi connectivity index (χ0) is 20.5. The molecular formula is C20H22ClN5O2S. The lowest BCUT2D eigenvalue weighted by Crippen LogP contribution is -2.72. The van der Waals surface area contributed by atoms with Gasteiger partial charge in [-0.05, 0) is 18.2 Å². The predicted octanol–water partition coefficient (Wildman–Crippen LogP) is 2.65. The molecule has 3 amide bonds. The molecule has 7 nitrogen and oxygen atoms in total. The summed E-state index contributed by atoms with van der Waals surface area (Å²) in [6.07, 6.45) is 1.03. The molecule has 29 heavy (non-hydrogen) atoms. The number of amides is 3. The van der Waals surface area contributed by atoms with Gasteiger partial charge in [0.15, 0.2) is 0 Å². The molecular weight excluding hydrogens is 410 g/mol. The maximum atomic E-state index is 13.0. The smallest absolute Gasteiger partial charge is 0.311 e. The lowest BCUT2D eigenvalue weighted by Gasteiger charge is -2.50. The molecule has 2 fully saturated rings. The quantitative estimate of drug-likeness (QED) is 0.775. The normalized spacial score (nSPS) is 27.1. The van der Waals surface area contributed by atoms with Gasteiger partial charge in [-0.25, -0.2) is 4.79 Å². The fourth-order valence-corrected chi connectivity index (χ4v) is 5.22. The molecule has 1 aromatic heterocycles. The van der Waals surface area contributed by atoms with Crippen molar-refractivity contribution in [2.75, 3.05) is 14.1 Å². The molecule has 0 bridgehead atoms. The maximum Gasteiger partial charge on any atom is 0.327 e. The molecule has 4 unspecified atom stereocenters. The van der Waals surface area contributed by atoms with Crippen molar-refractivity contribution in [3.05, 3.63) is 64.9 Å². The topological polar surface area (TPSA) is 77.6 Å². The fraction of sp³-hybridized carbons (Fsp3) is 0.350. The molecule has 4 atom stereocenters. The van der Waals surface area contributed by atoms with E-state index in [2.05, 4.69) is 15.6 Å². The van der Waals surface area contributed by atoms with Gasteiger partial charge < -0.3 is 4.90 Å². The summed E-state index contributed by atoms with van der Waals surface area (Å²) in [5.74, 6) is 0.00963. The number of thioether (sulfide) groups is 1. The summed E-state index contributed by atoms with van der Waals surface area (Å²) in [5, 5.41) is 7.32. The number of hydrogen-bond donors (Lipinski definition) is 2. The zero-order valence-electron chi connectivity index (χ0n) is 16.1. The fourth-order valence-electron chi connectivity index (χ4n) is 3.75. The number of aromatic nitrogens is 1. The summed E-state index contributed by atoms with van der Waals surface area (Å²) in [6, 6.07) is 13.0. The van der Waals surface area contributed by atoms with Crippen LogP contribution in [0.1, 0.15) is 17.4 Å². The number of halogens is 1. The number of hydrogen-bond acceptors (Lipinski definition) is 6. The Labute approximate surface area is 178 Å². The van der Waals surface area contributed by atoms with Crippen LogP contribution in [0.3, 0.4) is 0 Å². The molecule has 4 rings (SSSR count). The predicted molar refractivity (Wildman–Crippen MR) is 113 cm³/mol. The number of benzene rings is 1. The van der Waals surface area contributed by atoms with Crippen LogP contribution in [0, 0.1) is 5.92 Å². The van der Waals surface area contributed by atoms with Crippen LogP contribution in [0.5, 0.6) is 0 Å². The summed E-state index contributed by atoms with van der Waals surface area (Å²) >= 11 is 8.03. The Balaban J connectivity index is 1.64. The molecule has 2 aliphatic rings. The summed E-state index contributed by atoms with van der Waals surface area (Å²) in [4.78, 5) is 32.7. The first-order valence-electron chi connectivity index (χ1n) is 9.30. The average Bonchev–Trinajstić information content (AvgIpc) is 2.75. The van der Waals surface area contributed by atoms with Crippen LogP contribution in [0.2, 0.25) is 5.02 Å². The molecule has 152 valence electrons. The second-order valence-electron chi connectivity index (χ2n) is 7.10. The number of nitrogens with one attached hydrogen (secondary N) is 2. The van der Waals surface area contributed by atoms with E-state index in [9.17, 15) is 9.59 Å². The van der Waals surface area contributed by atoms with Crippen LogP contribution in [0.25, 0.3) is 0 Å². The van der Waals surface area contributed by atoms with E-state index >= 15 is 0 Å². The highest BCUT2D eigenvalue weighted by molar-refractivity contribution is 7.99. The molecule has 2 aromatic rings. The Kier molecular flexibility index (Phi) is 5.78. The van der Waals surface area contributed by atoms with E-state index in [1.807, 2.05) is 42.5 Å². The Hall–Kier alpha value is -2.13. The summed E-state index contributed by atoms with van der Waals surface area (Å²) in [5.41, 5.74) is 1.81. The maximum absolute atomic E-state index is 13.0. The van der Waals surface area contributed by atoms with Crippen molar-refractivity contribution >= 4 is 35.3 Å². The van der Waals surface area contributed by atoms with Crippen molar-refractivity contribution < 1.29 is 9.59 Å². The van der Waals surface area contributed by atoms with E-state index in [1.54, 1.807) is 29.9 Å². The average molecular weight is 432 g/mol. The minimum absolute atomic E-state index is 0.200. The molecule has 9 heteroatoms. The Morgan fingerprint density at radius 2 is 1.86 bits per heavy atom. The number of carbonyl (C=O) groups is 2.